The Hall–Kier alpha value is -8.66. The first-order valence-corrected chi connectivity index (χ1v) is 19.0. The van der Waals surface area contributed by atoms with E-state index in [9.17, 15) is 26.0 Å². The molecular weight excluding hydrogens is 789 g/mol. The van der Waals surface area contributed by atoms with E-state index < -0.39 is 363 Å². The molecule has 3 nitrogen and oxygen atoms in total. The molecule has 0 atom stereocenters. The molecule has 0 saturated heterocycles. The topological polar surface area (TPSA) is 21.3 Å². The highest BCUT2D eigenvalue weighted by Gasteiger charge is 2.24. The fraction of sp³-hybridized carbons (Fsp3) is 0. The summed E-state index contributed by atoms with van der Waals surface area (Å²) in [6.07, 6.45) is 0. The predicted molar refractivity (Wildman–Crippen MR) is 274 cm³/mol. The van der Waals surface area contributed by atoms with Gasteiger partial charge in [-0.1, -0.05) is 181 Å². The van der Waals surface area contributed by atoms with Crippen LogP contribution in [0.4, 0.5) is 17.1 Å². The van der Waals surface area contributed by atoms with Crippen molar-refractivity contribution in [2.24, 2.45) is 0 Å². The van der Waals surface area contributed by atoms with Crippen molar-refractivity contribution in [2.45, 2.75) is 0 Å². The van der Waals surface area contributed by atoms with E-state index in [1.165, 1.54) is 0 Å². The van der Waals surface area contributed by atoms with E-state index in [2.05, 4.69) is 0 Å². The van der Waals surface area contributed by atoms with E-state index >= 15 is 0 Å². The van der Waals surface area contributed by atoms with E-state index in [0.717, 1.165) is 0 Å². The molecule has 0 spiro atoms. The highest BCUT2D eigenvalue weighted by atomic mass is 16.3. The van der Waals surface area contributed by atoms with Crippen LogP contribution in [0, 0.1) is 0 Å². The Kier molecular flexibility index (Phi) is 3.39. The number of fused-ring (bicyclic) bond motifs is 8. The van der Waals surface area contributed by atoms with Crippen LogP contribution in [0.15, 0.2) is 246 Å². The summed E-state index contributed by atoms with van der Waals surface area (Å²) < 4.78 is 377. The molecule has 11 aromatic carbocycles. The van der Waals surface area contributed by atoms with Gasteiger partial charge in [0.05, 0.1) is 82.6 Å². The first-order chi connectivity index (χ1) is 48.9. The number of furan rings is 1. The largest absolute Gasteiger partial charge is 0.455 e. The fourth-order valence-electron chi connectivity index (χ4n) is 7.53. The summed E-state index contributed by atoms with van der Waals surface area (Å²) in [5.41, 5.74) is -14.8. The van der Waals surface area contributed by atoms with Gasteiger partial charge in [-0.15, -0.1) is 0 Å². The number of hydrogen-bond acceptors (Lipinski definition) is 2. The molecule has 0 aliphatic carbocycles. The summed E-state index contributed by atoms with van der Waals surface area (Å²) in [7, 11) is 0. The van der Waals surface area contributed by atoms with Gasteiger partial charge in [-0.05, 0) is 104 Å². The van der Waals surface area contributed by atoms with Crippen LogP contribution < -0.4 is 4.90 Å². The Morgan fingerprint density at radius 3 is 1.42 bits per heavy atom. The number of anilines is 3. The van der Waals surface area contributed by atoms with E-state index in [1.54, 1.807) is 0 Å². The van der Waals surface area contributed by atoms with Crippen molar-refractivity contribution in [1.29, 1.82) is 0 Å². The lowest BCUT2D eigenvalue weighted by atomic mass is 9.96. The van der Waals surface area contributed by atoms with Gasteiger partial charge in [-0.25, -0.2) is 0 Å². The maximum atomic E-state index is 10.5. The van der Waals surface area contributed by atoms with Crippen LogP contribution in [0.5, 0.6) is 0 Å². The highest BCUT2D eigenvalue weighted by molar-refractivity contribution is 6.18. The van der Waals surface area contributed by atoms with Crippen LogP contribution in [0.3, 0.4) is 0 Å². The Bertz CT molecular complexity index is 6010. The molecule has 2 aromatic heterocycles. The summed E-state index contributed by atoms with van der Waals surface area (Å²) in [6, 6.07) is -45.5. The maximum Gasteiger partial charge on any atom is 0.145 e. The molecule has 304 valence electrons. The zero-order chi connectivity index (χ0) is 77.7. The standard InChI is InChI=1S/C62H40N2O/c1-3-19-47-41(15-1)17-13-25-49(47)43-31-35-45(36-32-43)63(46-37-33-44(34-38-46)50-26-14-18-42-16-2-4-20-48(42)50)59-40-39-54(62-61(59)55-24-8-12-30-60(55)65-62)53-23-7-11-29-58(53)64-56-27-9-5-21-51(56)52-22-6-10-28-57(52)64/h1-40H/i1D,2D,3D,4D,5D,6D,7D,8D,9D,10D,11D,12D,13D,14D,15D,16D,17D,18D,19D,20D,21D,22D,23D,24D,25D,26D,27D,28D,29D,30D,31D,32D,33D,34D,35D,36D,37D,38D,39D,40D. The molecule has 2 heterocycles. The molecule has 0 saturated carbocycles. The Balaban J connectivity index is 1.29. The summed E-state index contributed by atoms with van der Waals surface area (Å²) in [6.45, 7) is 0. The predicted octanol–water partition coefficient (Wildman–Crippen LogP) is 17.5. The Morgan fingerprint density at radius 1 is 0.354 bits per heavy atom. The third-order valence-electron chi connectivity index (χ3n) is 10.3. The number of aromatic nitrogens is 1. The van der Waals surface area contributed by atoms with Crippen LogP contribution in [0.1, 0.15) is 54.8 Å². The lowest BCUT2D eigenvalue weighted by Gasteiger charge is -2.27. The molecule has 0 radical (unpaired) electrons. The van der Waals surface area contributed by atoms with Gasteiger partial charge in [0.25, 0.3) is 0 Å². The molecule has 0 amide bonds. The Labute approximate surface area is 432 Å². The van der Waals surface area contributed by atoms with Crippen LogP contribution in [-0.4, -0.2) is 4.57 Å². The summed E-state index contributed by atoms with van der Waals surface area (Å²) in [5, 5.41) is -6.31. The average molecular weight is 869 g/mol. The molecule has 13 rings (SSSR count). The van der Waals surface area contributed by atoms with Crippen molar-refractivity contribution in [1.82, 2.24) is 4.57 Å². The van der Waals surface area contributed by atoms with Crippen molar-refractivity contribution in [3.05, 3.63) is 242 Å². The van der Waals surface area contributed by atoms with Gasteiger partial charge in [0, 0.05) is 38.7 Å². The Morgan fingerprint density at radius 2 is 0.815 bits per heavy atom. The summed E-state index contributed by atoms with van der Waals surface area (Å²) >= 11 is 0. The number of nitrogens with zero attached hydrogens (tertiary/aromatic N) is 2. The molecule has 0 unspecified atom stereocenters. The van der Waals surface area contributed by atoms with Crippen molar-refractivity contribution >= 4 is 82.4 Å². The first kappa shape index (κ1) is 14.7. The van der Waals surface area contributed by atoms with Crippen LogP contribution in [0.2, 0.25) is 0 Å². The van der Waals surface area contributed by atoms with Crippen molar-refractivity contribution < 1.29 is 59.2 Å². The molecule has 3 heteroatoms. The van der Waals surface area contributed by atoms with Gasteiger partial charge in [0.15, 0.2) is 0 Å². The third-order valence-corrected chi connectivity index (χ3v) is 10.3. The minimum Gasteiger partial charge on any atom is -0.455 e. The smallest absolute Gasteiger partial charge is 0.145 e. The normalized spacial score (nSPS) is 20.3. The van der Waals surface area contributed by atoms with Crippen LogP contribution >= 0.6 is 0 Å². The number of rotatable bonds is 7. The molecule has 0 bridgehead atoms. The SMILES string of the molecule is [2H]c1c([2H])c([2H])c(-n2c3c([2H])c([2H])c([2H])c([2H])c3c3c([2H])c([2H])c([2H])c([2H])c32)c(-c2c([2H])c([2H])c(N(c3c([2H])c([2H])c(-c4c([2H])c([2H])c([2H])c5c([2H])c([2H])c([2H])c([2H])c45)c([2H])c3[2H])c3c([2H])c([2H])c(-c4c([2H])c([2H])c([2H])c5c([2H])c([2H])c([2H])c([2H])c45)c([2H])c3[2H])c3c2oc2c([2H])c([2H])c([2H])c([2H])c23)c1[2H]. The number of para-hydroxylation sites is 4. The monoisotopic (exact) mass is 869 g/mol. The summed E-state index contributed by atoms with van der Waals surface area (Å²) in [5.74, 6) is 0. The van der Waals surface area contributed by atoms with Crippen molar-refractivity contribution in [3.63, 3.8) is 0 Å². The summed E-state index contributed by atoms with van der Waals surface area (Å²) in [4.78, 5) is 0.252. The number of hydrogen-bond donors (Lipinski definition) is 0. The maximum absolute atomic E-state index is 10.5. The zero-order valence-electron chi connectivity index (χ0n) is 72.3. The van der Waals surface area contributed by atoms with Gasteiger partial charge >= 0.3 is 0 Å². The van der Waals surface area contributed by atoms with Gasteiger partial charge < -0.3 is 13.9 Å². The highest BCUT2D eigenvalue weighted by Crippen LogP contribution is 2.48. The second-order valence-electron chi connectivity index (χ2n) is 13.8. The van der Waals surface area contributed by atoms with Crippen LogP contribution in [0.25, 0.3) is 104 Å². The van der Waals surface area contributed by atoms with Crippen molar-refractivity contribution in [3.8, 4) is 39.1 Å². The minimum atomic E-state index is -1.49. The molecule has 65 heavy (non-hydrogen) atoms. The molecular formula is C62H40N2O. The second kappa shape index (κ2) is 15.0. The van der Waals surface area contributed by atoms with Gasteiger partial charge in [-0.3, -0.25) is 0 Å². The molecule has 0 N–H and O–H groups in total. The fourth-order valence-corrected chi connectivity index (χ4v) is 7.53. The van der Waals surface area contributed by atoms with Gasteiger partial charge in [-0.2, -0.15) is 0 Å². The molecule has 13 aromatic rings. The molecule has 0 aliphatic rings. The molecule has 0 aliphatic heterocycles. The van der Waals surface area contributed by atoms with Gasteiger partial charge in [0.2, 0.25) is 0 Å². The van der Waals surface area contributed by atoms with E-state index in [1.807, 2.05) is 0 Å². The van der Waals surface area contributed by atoms with E-state index in [4.69, 9.17) is 33.2 Å². The lowest BCUT2D eigenvalue weighted by molar-refractivity contribution is 0.670. The minimum absolute atomic E-state index is 0.252. The molecule has 0 fully saturated rings. The quantitative estimate of drug-likeness (QED) is 0.159. The van der Waals surface area contributed by atoms with Gasteiger partial charge in [0.1, 0.15) is 11.2 Å². The van der Waals surface area contributed by atoms with E-state index in [-0.39, 0.29) is 4.90 Å². The lowest BCUT2D eigenvalue weighted by Crippen LogP contribution is -2.10. The van der Waals surface area contributed by atoms with E-state index in [0.29, 0.717) is 4.57 Å². The number of benzene rings is 11. The second-order valence-corrected chi connectivity index (χ2v) is 13.8. The average Bonchev–Trinajstić information content (AvgIpc) is 1.54. The van der Waals surface area contributed by atoms with Crippen LogP contribution in [-0.2, 0) is 0 Å². The zero-order valence-corrected chi connectivity index (χ0v) is 32.3. The first-order valence-electron chi connectivity index (χ1n) is 39.0. The van der Waals surface area contributed by atoms with Crippen molar-refractivity contribution in [2.75, 3.05) is 4.90 Å². The third kappa shape index (κ3) is 5.97.